The molecule has 3 nitrogen and oxygen atoms in total. The fourth-order valence-corrected chi connectivity index (χ4v) is 2.59. The molecule has 1 aromatic heterocycles. The van der Waals surface area contributed by atoms with Crippen molar-refractivity contribution in [3.05, 3.63) is 58.6 Å². The number of rotatable bonds is 2. The number of hydrogen-bond donors (Lipinski definition) is 0. The summed E-state index contributed by atoms with van der Waals surface area (Å²) in [6, 6.07) is 11.8. The minimum absolute atomic E-state index is 0.0197. The molecule has 0 saturated carbocycles. The summed E-state index contributed by atoms with van der Waals surface area (Å²) < 4.78 is 15.1. The Balaban J connectivity index is 2.35. The fraction of sp³-hybridized carbons (Fsp3) is 0.0667. The smallest absolute Gasteiger partial charge is 0.141 e. The highest BCUT2D eigenvalue weighted by Gasteiger charge is 2.15. The number of alkyl halides is 1. The normalized spacial score (nSPS) is 10.8. The van der Waals surface area contributed by atoms with E-state index < -0.39 is 5.82 Å². The largest absolute Gasteiger partial charge is 0.295 e. The van der Waals surface area contributed by atoms with Gasteiger partial charge < -0.3 is 0 Å². The third-order valence-electron chi connectivity index (χ3n) is 3.16. The number of fused-ring (bicyclic) bond motifs is 1. The first kappa shape index (κ1) is 13.9. The first-order valence-electron chi connectivity index (χ1n) is 6.07. The van der Waals surface area contributed by atoms with Crippen molar-refractivity contribution in [2.45, 2.75) is 5.88 Å². The van der Waals surface area contributed by atoms with Crippen LogP contribution in [0.2, 0.25) is 5.02 Å². The Kier molecular flexibility index (Phi) is 3.54. The van der Waals surface area contributed by atoms with Crippen molar-refractivity contribution in [3.8, 4) is 11.8 Å². The summed E-state index contributed by atoms with van der Waals surface area (Å²) >= 11 is 11.8. The molecule has 3 aromatic rings. The predicted molar refractivity (Wildman–Crippen MR) is 80.3 cm³/mol. The first-order chi connectivity index (χ1) is 10.2. The Bertz CT molecular complexity index is 880. The number of hydrogen-bond acceptors (Lipinski definition) is 2. The predicted octanol–water partition coefficient (Wildman–Crippen LogP) is 4.43. The van der Waals surface area contributed by atoms with Crippen molar-refractivity contribution in [2.24, 2.45) is 0 Å². The standard InChI is InChI=1S/C15H8Cl2FN3/c16-7-14-20-15-9(8-19)2-1-3-13(15)21(14)10-4-5-12(18)11(17)6-10/h1-6H,7H2. The molecule has 0 N–H and O–H groups in total. The highest BCUT2D eigenvalue weighted by Crippen LogP contribution is 2.27. The summed E-state index contributed by atoms with van der Waals surface area (Å²) in [6.45, 7) is 0. The van der Waals surface area contributed by atoms with E-state index in [1.165, 1.54) is 12.1 Å². The van der Waals surface area contributed by atoms with Crippen LogP contribution < -0.4 is 0 Å². The Labute approximate surface area is 130 Å². The lowest BCUT2D eigenvalue weighted by molar-refractivity contribution is 0.628. The van der Waals surface area contributed by atoms with Gasteiger partial charge in [-0.15, -0.1) is 11.6 Å². The van der Waals surface area contributed by atoms with Crippen LogP contribution >= 0.6 is 23.2 Å². The van der Waals surface area contributed by atoms with Crippen molar-refractivity contribution < 1.29 is 4.39 Å². The lowest BCUT2D eigenvalue weighted by Crippen LogP contribution is -1.99. The van der Waals surface area contributed by atoms with Gasteiger partial charge >= 0.3 is 0 Å². The maximum Gasteiger partial charge on any atom is 0.141 e. The van der Waals surface area contributed by atoms with Gasteiger partial charge in [0.15, 0.2) is 0 Å². The molecule has 0 radical (unpaired) electrons. The van der Waals surface area contributed by atoms with Crippen LogP contribution in [0.15, 0.2) is 36.4 Å². The summed E-state index contributed by atoms with van der Waals surface area (Å²) in [5.41, 5.74) is 2.41. The second-order valence-corrected chi connectivity index (χ2v) is 5.06. The fourth-order valence-electron chi connectivity index (χ4n) is 2.24. The molecule has 0 amide bonds. The first-order valence-corrected chi connectivity index (χ1v) is 6.98. The molecule has 3 rings (SSSR count). The molecule has 0 aliphatic carbocycles. The molecule has 6 heteroatoms. The van der Waals surface area contributed by atoms with Crippen LogP contribution in [0, 0.1) is 17.1 Å². The number of aromatic nitrogens is 2. The minimum Gasteiger partial charge on any atom is -0.295 e. The van der Waals surface area contributed by atoms with Gasteiger partial charge in [0.25, 0.3) is 0 Å². The number of para-hydroxylation sites is 1. The van der Waals surface area contributed by atoms with E-state index >= 15 is 0 Å². The molecule has 0 spiro atoms. The SMILES string of the molecule is N#Cc1cccc2c1nc(CCl)n2-c1ccc(F)c(Cl)c1. The van der Waals surface area contributed by atoms with Gasteiger partial charge in [0.2, 0.25) is 0 Å². The van der Waals surface area contributed by atoms with Crippen molar-refractivity contribution in [3.63, 3.8) is 0 Å². The Hall–Kier alpha value is -2.09. The van der Waals surface area contributed by atoms with E-state index in [2.05, 4.69) is 11.1 Å². The van der Waals surface area contributed by atoms with Gasteiger partial charge in [0.05, 0.1) is 22.0 Å². The van der Waals surface area contributed by atoms with Gasteiger partial charge in [-0.05, 0) is 30.3 Å². The van der Waals surface area contributed by atoms with E-state index in [9.17, 15) is 4.39 Å². The molecule has 0 atom stereocenters. The number of imidazole rings is 1. The van der Waals surface area contributed by atoms with Crippen LogP contribution in [-0.4, -0.2) is 9.55 Å². The highest BCUT2D eigenvalue weighted by molar-refractivity contribution is 6.30. The second-order valence-electron chi connectivity index (χ2n) is 4.38. The van der Waals surface area contributed by atoms with Crippen LogP contribution in [0.5, 0.6) is 0 Å². The van der Waals surface area contributed by atoms with E-state index in [0.717, 1.165) is 5.52 Å². The average molecular weight is 320 g/mol. The highest BCUT2D eigenvalue weighted by atomic mass is 35.5. The van der Waals surface area contributed by atoms with Gasteiger partial charge in [-0.1, -0.05) is 17.7 Å². The molecule has 2 aromatic carbocycles. The van der Waals surface area contributed by atoms with Crippen LogP contribution in [0.4, 0.5) is 4.39 Å². The van der Waals surface area contributed by atoms with E-state index in [1.807, 2.05) is 6.07 Å². The Morgan fingerprint density at radius 1 is 1.29 bits per heavy atom. The van der Waals surface area contributed by atoms with Crippen molar-refractivity contribution >= 4 is 34.2 Å². The second kappa shape index (κ2) is 5.36. The maximum absolute atomic E-state index is 13.3. The zero-order valence-corrected chi connectivity index (χ0v) is 12.2. The molecule has 0 saturated heterocycles. The zero-order valence-electron chi connectivity index (χ0n) is 10.6. The molecule has 104 valence electrons. The molecule has 0 aliphatic rings. The molecule has 0 fully saturated rings. The van der Waals surface area contributed by atoms with Crippen molar-refractivity contribution in [2.75, 3.05) is 0 Å². The van der Waals surface area contributed by atoms with Crippen LogP contribution in [-0.2, 0) is 5.88 Å². The average Bonchev–Trinajstić information content (AvgIpc) is 2.88. The minimum atomic E-state index is -0.491. The molecule has 1 heterocycles. The van der Waals surface area contributed by atoms with Gasteiger partial charge in [-0.25, -0.2) is 9.37 Å². The van der Waals surface area contributed by atoms with Gasteiger partial charge in [-0.3, -0.25) is 4.57 Å². The number of nitrogens with zero attached hydrogens (tertiary/aromatic N) is 3. The number of halogens is 3. The topological polar surface area (TPSA) is 41.6 Å². The zero-order chi connectivity index (χ0) is 15.0. The van der Waals surface area contributed by atoms with E-state index in [-0.39, 0.29) is 10.9 Å². The van der Waals surface area contributed by atoms with Crippen molar-refractivity contribution in [1.29, 1.82) is 5.26 Å². The van der Waals surface area contributed by atoms with E-state index in [4.69, 9.17) is 28.5 Å². The van der Waals surface area contributed by atoms with Crippen LogP contribution in [0.25, 0.3) is 16.7 Å². The number of benzene rings is 2. The third kappa shape index (κ3) is 2.25. The van der Waals surface area contributed by atoms with Gasteiger partial charge in [-0.2, -0.15) is 5.26 Å². The summed E-state index contributed by atoms with van der Waals surface area (Å²) in [5, 5.41) is 9.18. The summed E-state index contributed by atoms with van der Waals surface area (Å²) in [5.74, 6) is 0.237. The molecule has 0 bridgehead atoms. The third-order valence-corrected chi connectivity index (χ3v) is 3.68. The lowest BCUT2D eigenvalue weighted by atomic mass is 10.2. The lowest BCUT2D eigenvalue weighted by Gasteiger charge is -2.08. The summed E-state index contributed by atoms with van der Waals surface area (Å²) in [6.07, 6.45) is 0. The van der Waals surface area contributed by atoms with Crippen molar-refractivity contribution in [1.82, 2.24) is 9.55 Å². The van der Waals surface area contributed by atoms with Crippen LogP contribution in [0.3, 0.4) is 0 Å². The molecule has 0 unspecified atom stereocenters. The Morgan fingerprint density at radius 2 is 2.10 bits per heavy atom. The molecule has 0 aliphatic heterocycles. The summed E-state index contributed by atoms with van der Waals surface area (Å²) in [7, 11) is 0. The van der Waals surface area contributed by atoms with E-state index in [0.29, 0.717) is 22.6 Å². The summed E-state index contributed by atoms with van der Waals surface area (Å²) in [4.78, 5) is 4.40. The monoisotopic (exact) mass is 319 g/mol. The number of nitriles is 1. The molecule has 21 heavy (non-hydrogen) atoms. The van der Waals surface area contributed by atoms with E-state index in [1.54, 1.807) is 22.8 Å². The van der Waals surface area contributed by atoms with Gasteiger partial charge in [0, 0.05) is 5.69 Å². The molecular formula is C15H8Cl2FN3. The molecular weight excluding hydrogens is 312 g/mol. The van der Waals surface area contributed by atoms with Gasteiger partial charge in [0.1, 0.15) is 23.2 Å². The maximum atomic E-state index is 13.3. The Morgan fingerprint density at radius 3 is 2.76 bits per heavy atom. The van der Waals surface area contributed by atoms with Crippen LogP contribution in [0.1, 0.15) is 11.4 Å². The quantitative estimate of drug-likeness (QED) is 0.656.